The first-order chi connectivity index (χ1) is 7.88. The van der Waals surface area contributed by atoms with Gasteiger partial charge in [-0.2, -0.15) is 0 Å². The summed E-state index contributed by atoms with van der Waals surface area (Å²) in [4.78, 5) is 11.7. The quantitative estimate of drug-likeness (QED) is 0.678. The van der Waals surface area contributed by atoms with E-state index in [0.29, 0.717) is 12.0 Å². The summed E-state index contributed by atoms with van der Waals surface area (Å²) in [7, 11) is 0. The van der Waals surface area contributed by atoms with Crippen molar-refractivity contribution in [3.8, 4) is 0 Å². The monoisotopic (exact) mass is 236 g/mol. The molecule has 4 heteroatoms. The third-order valence-corrected chi connectivity index (χ3v) is 2.27. The van der Waals surface area contributed by atoms with Gasteiger partial charge in [0.2, 0.25) is 0 Å². The van der Waals surface area contributed by atoms with Gasteiger partial charge in [-0.3, -0.25) is 10.2 Å². The summed E-state index contributed by atoms with van der Waals surface area (Å²) in [6.45, 7) is 5.39. The number of carbonyl (C=O) groups excluding carboxylic acids is 1. The Balaban J connectivity index is 2.39. The molecule has 0 bridgehead atoms. The number of hydrogen-bond acceptors (Lipinski definition) is 3. The zero-order valence-electron chi connectivity index (χ0n) is 10.5. The molecule has 0 aliphatic rings. The second kappa shape index (κ2) is 5.80. The van der Waals surface area contributed by atoms with Gasteiger partial charge in [-0.1, -0.05) is 18.2 Å². The number of benzene rings is 1. The third-order valence-electron chi connectivity index (χ3n) is 2.27. The molecule has 0 spiro atoms. The highest BCUT2D eigenvalue weighted by molar-refractivity contribution is 5.93. The standard InChI is InChI=1S/C13H20N2O2/c1-10(9-13(2,3)17)14-15-12(16)11-7-5-4-6-8-11/h4-8,10,14,17H,9H2,1-3H3,(H,15,16). The van der Waals surface area contributed by atoms with Crippen LogP contribution < -0.4 is 10.9 Å². The van der Waals surface area contributed by atoms with Crippen LogP contribution in [0.1, 0.15) is 37.6 Å². The molecule has 3 N–H and O–H groups in total. The molecule has 1 rings (SSSR count). The molecular weight excluding hydrogens is 216 g/mol. The van der Waals surface area contributed by atoms with E-state index in [9.17, 15) is 9.90 Å². The number of aliphatic hydroxyl groups is 1. The maximum absolute atomic E-state index is 11.7. The van der Waals surface area contributed by atoms with E-state index in [1.807, 2.05) is 25.1 Å². The first-order valence-electron chi connectivity index (χ1n) is 5.72. The highest BCUT2D eigenvalue weighted by Gasteiger charge is 2.17. The Morgan fingerprint density at radius 2 is 1.94 bits per heavy atom. The summed E-state index contributed by atoms with van der Waals surface area (Å²) in [5.41, 5.74) is 5.36. The lowest BCUT2D eigenvalue weighted by Crippen LogP contribution is -2.45. The van der Waals surface area contributed by atoms with Gasteiger partial charge in [-0.15, -0.1) is 0 Å². The Labute approximate surface area is 102 Å². The topological polar surface area (TPSA) is 61.4 Å². The summed E-state index contributed by atoms with van der Waals surface area (Å²) in [5, 5.41) is 9.62. The van der Waals surface area contributed by atoms with Crippen LogP contribution in [0.25, 0.3) is 0 Å². The Hall–Kier alpha value is -1.39. The zero-order chi connectivity index (χ0) is 12.9. The maximum Gasteiger partial charge on any atom is 0.265 e. The molecule has 1 amide bonds. The van der Waals surface area contributed by atoms with E-state index in [2.05, 4.69) is 10.9 Å². The Morgan fingerprint density at radius 3 is 2.47 bits per heavy atom. The van der Waals surface area contributed by atoms with Crippen molar-refractivity contribution in [1.29, 1.82) is 0 Å². The van der Waals surface area contributed by atoms with Gasteiger partial charge in [0, 0.05) is 11.6 Å². The molecule has 0 aliphatic carbocycles. The van der Waals surface area contributed by atoms with Gasteiger partial charge in [-0.25, -0.2) is 5.43 Å². The Bertz CT molecular complexity index is 357. The lowest BCUT2D eigenvalue weighted by Gasteiger charge is -2.23. The van der Waals surface area contributed by atoms with Crippen molar-refractivity contribution in [1.82, 2.24) is 10.9 Å². The molecular formula is C13H20N2O2. The minimum atomic E-state index is -0.746. The molecule has 1 aromatic carbocycles. The fourth-order valence-electron chi connectivity index (χ4n) is 1.65. The zero-order valence-corrected chi connectivity index (χ0v) is 10.5. The number of hydrazine groups is 1. The SMILES string of the molecule is CC(CC(C)(C)O)NNC(=O)c1ccccc1. The summed E-state index contributed by atoms with van der Waals surface area (Å²) < 4.78 is 0. The first-order valence-corrected chi connectivity index (χ1v) is 5.72. The van der Waals surface area contributed by atoms with E-state index in [0.717, 1.165) is 0 Å². The van der Waals surface area contributed by atoms with Gasteiger partial charge >= 0.3 is 0 Å². The third kappa shape index (κ3) is 5.47. The van der Waals surface area contributed by atoms with Crippen molar-refractivity contribution < 1.29 is 9.90 Å². The fourth-order valence-corrected chi connectivity index (χ4v) is 1.65. The van der Waals surface area contributed by atoms with Crippen LogP contribution in [-0.2, 0) is 0 Å². The van der Waals surface area contributed by atoms with Crippen LogP contribution in [0.15, 0.2) is 30.3 Å². The molecule has 1 aromatic rings. The highest BCUT2D eigenvalue weighted by atomic mass is 16.3. The number of rotatable bonds is 5. The van der Waals surface area contributed by atoms with Crippen LogP contribution in [0.5, 0.6) is 0 Å². The van der Waals surface area contributed by atoms with Gasteiger partial charge in [0.25, 0.3) is 5.91 Å². The Morgan fingerprint density at radius 1 is 1.35 bits per heavy atom. The summed E-state index contributed by atoms with van der Waals surface area (Å²) in [6, 6.07) is 8.99. The predicted octanol–water partition coefficient (Wildman–Crippen LogP) is 1.47. The van der Waals surface area contributed by atoms with Crippen molar-refractivity contribution in [2.24, 2.45) is 0 Å². The number of amides is 1. The van der Waals surface area contributed by atoms with Crippen molar-refractivity contribution in [3.05, 3.63) is 35.9 Å². The smallest absolute Gasteiger partial charge is 0.265 e. The molecule has 0 fully saturated rings. The predicted molar refractivity (Wildman–Crippen MR) is 67.4 cm³/mol. The summed E-state index contributed by atoms with van der Waals surface area (Å²) in [6.07, 6.45) is 0.558. The first kappa shape index (κ1) is 13.7. The molecule has 94 valence electrons. The van der Waals surface area contributed by atoms with Crippen LogP contribution in [0.2, 0.25) is 0 Å². The van der Waals surface area contributed by atoms with E-state index in [1.54, 1.807) is 26.0 Å². The minimum absolute atomic E-state index is 0.00247. The normalized spacial score (nSPS) is 13.2. The minimum Gasteiger partial charge on any atom is -0.390 e. The van der Waals surface area contributed by atoms with Gasteiger partial charge in [0.1, 0.15) is 0 Å². The van der Waals surface area contributed by atoms with Crippen LogP contribution in [0.4, 0.5) is 0 Å². The maximum atomic E-state index is 11.7. The fraction of sp³-hybridized carbons (Fsp3) is 0.462. The van der Waals surface area contributed by atoms with Crippen molar-refractivity contribution in [2.75, 3.05) is 0 Å². The molecule has 0 saturated heterocycles. The summed E-state index contributed by atoms with van der Waals surface area (Å²) in [5.74, 6) is -0.173. The lowest BCUT2D eigenvalue weighted by molar-refractivity contribution is 0.0579. The number of carbonyl (C=O) groups is 1. The van der Waals surface area contributed by atoms with E-state index < -0.39 is 5.60 Å². The van der Waals surface area contributed by atoms with E-state index in [1.165, 1.54) is 0 Å². The van der Waals surface area contributed by atoms with E-state index >= 15 is 0 Å². The van der Waals surface area contributed by atoms with Crippen molar-refractivity contribution in [2.45, 2.75) is 38.8 Å². The molecule has 0 saturated carbocycles. The van der Waals surface area contributed by atoms with Crippen molar-refractivity contribution in [3.63, 3.8) is 0 Å². The average molecular weight is 236 g/mol. The molecule has 1 unspecified atom stereocenters. The molecule has 0 heterocycles. The Kier molecular flexibility index (Phi) is 4.66. The molecule has 0 aliphatic heterocycles. The highest BCUT2D eigenvalue weighted by Crippen LogP contribution is 2.09. The second-order valence-corrected chi connectivity index (χ2v) is 4.88. The van der Waals surface area contributed by atoms with Gasteiger partial charge in [0.05, 0.1) is 5.60 Å². The number of hydrogen-bond donors (Lipinski definition) is 3. The largest absolute Gasteiger partial charge is 0.390 e. The molecule has 4 nitrogen and oxygen atoms in total. The van der Waals surface area contributed by atoms with E-state index in [-0.39, 0.29) is 11.9 Å². The second-order valence-electron chi connectivity index (χ2n) is 4.88. The molecule has 1 atom stereocenters. The van der Waals surface area contributed by atoms with Gasteiger partial charge in [-0.05, 0) is 39.3 Å². The van der Waals surface area contributed by atoms with Gasteiger partial charge in [0.15, 0.2) is 0 Å². The molecule has 0 aromatic heterocycles. The van der Waals surface area contributed by atoms with Crippen LogP contribution >= 0.6 is 0 Å². The van der Waals surface area contributed by atoms with Crippen LogP contribution in [0.3, 0.4) is 0 Å². The lowest BCUT2D eigenvalue weighted by atomic mass is 10.0. The number of nitrogens with one attached hydrogen (secondary N) is 2. The van der Waals surface area contributed by atoms with Crippen molar-refractivity contribution >= 4 is 5.91 Å². The average Bonchev–Trinajstić information content (AvgIpc) is 2.25. The molecule has 17 heavy (non-hydrogen) atoms. The summed E-state index contributed by atoms with van der Waals surface area (Å²) >= 11 is 0. The van der Waals surface area contributed by atoms with E-state index in [4.69, 9.17) is 0 Å². The van der Waals surface area contributed by atoms with Crippen LogP contribution in [0, 0.1) is 0 Å². The van der Waals surface area contributed by atoms with Gasteiger partial charge < -0.3 is 5.11 Å². The molecule has 0 radical (unpaired) electrons. The van der Waals surface area contributed by atoms with Crippen LogP contribution in [-0.4, -0.2) is 22.7 Å².